The third-order valence-electron chi connectivity index (χ3n) is 4.14. The predicted molar refractivity (Wildman–Crippen MR) is 76.3 cm³/mol. The Morgan fingerprint density at radius 3 is 2.57 bits per heavy atom. The van der Waals surface area contributed by atoms with Crippen LogP contribution in [0.2, 0.25) is 0 Å². The van der Waals surface area contributed by atoms with Gasteiger partial charge in [0.1, 0.15) is 0 Å². The summed E-state index contributed by atoms with van der Waals surface area (Å²) in [5.41, 5.74) is -0.160. The van der Waals surface area contributed by atoms with Gasteiger partial charge in [0.2, 0.25) is 0 Å². The maximum atomic E-state index is 13.3. The van der Waals surface area contributed by atoms with Crippen molar-refractivity contribution in [1.29, 1.82) is 0 Å². The molecule has 0 aliphatic carbocycles. The Kier molecular flexibility index (Phi) is 4.78. The van der Waals surface area contributed by atoms with Crippen molar-refractivity contribution in [2.24, 2.45) is 0 Å². The molecule has 1 saturated heterocycles. The number of rotatable bonds is 3. The zero-order chi connectivity index (χ0) is 15.6. The normalized spacial score (nSPS) is 20.9. The van der Waals surface area contributed by atoms with E-state index in [4.69, 9.17) is 5.11 Å². The molecule has 0 spiro atoms. The van der Waals surface area contributed by atoms with E-state index in [9.17, 15) is 13.2 Å². The number of alkyl halides is 3. The number of anilines is 1. The lowest BCUT2D eigenvalue weighted by molar-refractivity contribution is -0.137. The molecule has 1 atom stereocenters. The molecular formula is C15H21F3N2O. The molecular weight excluding hydrogens is 281 g/mol. The standard InChI is InChI=1S/C15H21F3N2O/c1-3-12-9-20(7-6-19(12)2)14-5-4-11(10-21)8-13(14)15(16,17)18/h4-5,8,12,21H,3,6-7,9-10H2,1-2H3. The molecule has 0 saturated carbocycles. The smallest absolute Gasteiger partial charge is 0.392 e. The van der Waals surface area contributed by atoms with E-state index in [0.717, 1.165) is 19.0 Å². The van der Waals surface area contributed by atoms with E-state index in [1.165, 1.54) is 6.07 Å². The van der Waals surface area contributed by atoms with Crippen molar-refractivity contribution >= 4 is 5.69 Å². The fourth-order valence-electron chi connectivity index (χ4n) is 2.79. The second kappa shape index (κ2) is 6.23. The van der Waals surface area contributed by atoms with Crippen LogP contribution in [0.25, 0.3) is 0 Å². The second-order valence-corrected chi connectivity index (χ2v) is 5.50. The fourth-order valence-corrected chi connectivity index (χ4v) is 2.79. The molecule has 1 unspecified atom stereocenters. The maximum Gasteiger partial charge on any atom is 0.418 e. The van der Waals surface area contributed by atoms with Crippen LogP contribution in [0.4, 0.5) is 18.9 Å². The summed E-state index contributed by atoms with van der Waals surface area (Å²) >= 11 is 0. The zero-order valence-electron chi connectivity index (χ0n) is 12.3. The van der Waals surface area contributed by atoms with E-state index in [2.05, 4.69) is 4.90 Å². The molecule has 1 fully saturated rings. The molecule has 1 aromatic rings. The van der Waals surface area contributed by atoms with Crippen molar-refractivity contribution in [3.05, 3.63) is 29.3 Å². The van der Waals surface area contributed by atoms with Gasteiger partial charge in [0.05, 0.1) is 12.2 Å². The third kappa shape index (κ3) is 3.49. The number of benzene rings is 1. The van der Waals surface area contributed by atoms with E-state index in [1.807, 2.05) is 14.0 Å². The van der Waals surface area contributed by atoms with Gasteiger partial charge in [-0.1, -0.05) is 13.0 Å². The SMILES string of the molecule is CCC1CN(c2ccc(CO)cc2C(F)(F)F)CCN1C. The van der Waals surface area contributed by atoms with Gasteiger partial charge in [-0.05, 0) is 31.2 Å². The molecule has 0 amide bonds. The van der Waals surface area contributed by atoms with Crippen molar-refractivity contribution in [3.63, 3.8) is 0 Å². The Morgan fingerprint density at radius 2 is 2.00 bits per heavy atom. The number of aliphatic hydroxyl groups is 1. The summed E-state index contributed by atoms with van der Waals surface area (Å²) in [6.45, 7) is 3.58. The Labute approximate surface area is 123 Å². The van der Waals surface area contributed by atoms with E-state index in [0.29, 0.717) is 13.1 Å². The Balaban J connectivity index is 2.35. The van der Waals surface area contributed by atoms with Crippen LogP contribution in [-0.2, 0) is 12.8 Å². The molecule has 0 bridgehead atoms. The molecule has 118 valence electrons. The quantitative estimate of drug-likeness (QED) is 0.930. The number of nitrogens with zero attached hydrogens (tertiary/aromatic N) is 2. The van der Waals surface area contributed by atoms with Crippen LogP contribution in [0.3, 0.4) is 0 Å². The average Bonchev–Trinajstić information content (AvgIpc) is 2.46. The molecule has 21 heavy (non-hydrogen) atoms. The molecule has 1 aliphatic heterocycles. The van der Waals surface area contributed by atoms with Crippen molar-refractivity contribution in [2.45, 2.75) is 32.2 Å². The van der Waals surface area contributed by atoms with E-state index in [1.54, 1.807) is 11.0 Å². The first-order valence-corrected chi connectivity index (χ1v) is 7.13. The molecule has 0 aromatic heterocycles. The first kappa shape index (κ1) is 16.1. The highest BCUT2D eigenvalue weighted by Crippen LogP contribution is 2.38. The Bertz CT molecular complexity index is 490. The van der Waals surface area contributed by atoms with Crippen LogP contribution in [0.5, 0.6) is 0 Å². The highest BCUT2D eigenvalue weighted by atomic mass is 19.4. The highest BCUT2D eigenvalue weighted by Gasteiger charge is 2.36. The molecule has 1 aliphatic rings. The van der Waals surface area contributed by atoms with Crippen LogP contribution in [0.15, 0.2) is 18.2 Å². The average molecular weight is 302 g/mol. The van der Waals surface area contributed by atoms with Gasteiger partial charge in [-0.3, -0.25) is 4.90 Å². The van der Waals surface area contributed by atoms with Crippen LogP contribution >= 0.6 is 0 Å². The predicted octanol–water partition coefficient (Wildman–Crippen LogP) is 2.73. The molecule has 1 heterocycles. The van der Waals surface area contributed by atoms with Crippen molar-refractivity contribution in [2.75, 3.05) is 31.6 Å². The molecule has 3 nitrogen and oxygen atoms in total. The minimum Gasteiger partial charge on any atom is -0.392 e. The summed E-state index contributed by atoms with van der Waals surface area (Å²) in [5.74, 6) is 0. The molecule has 2 rings (SSSR count). The van der Waals surface area contributed by atoms with Gasteiger partial charge in [-0.15, -0.1) is 0 Å². The minimum absolute atomic E-state index is 0.214. The summed E-state index contributed by atoms with van der Waals surface area (Å²) < 4.78 is 39.8. The maximum absolute atomic E-state index is 13.3. The molecule has 6 heteroatoms. The van der Waals surface area contributed by atoms with E-state index in [-0.39, 0.29) is 23.9 Å². The number of aliphatic hydroxyl groups excluding tert-OH is 1. The minimum atomic E-state index is -4.41. The first-order valence-electron chi connectivity index (χ1n) is 7.13. The van der Waals surface area contributed by atoms with Gasteiger partial charge < -0.3 is 10.0 Å². The largest absolute Gasteiger partial charge is 0.418 e. The van der Waals surface area contributed by atoms with Crippen LogP contribution in [0.1, 0.15) is 24.5 Å². The van der Waals surface area contributed by atoms with E-state index < -0.39 is 11.7 Å². The summed E-state index contributed by atoms with van der Waals surface area (Å²) in [7, 11) is 2.00. The first-order chi connectivity index (χ1) is 9.86. The van der Waals surface area contributed by atoms with Gasteiger partial charge >= 0.3 is 6.18 Å². The van der Waals surface area contributed by atoms with Gasteiger partial charge in [0.25, 0.3) is 0 Å². The number of hydrogen-bond donors (Lipinski definition) is 1. The van der Waals surface area contributed by atoms with Crippen LogP contribution in [-0.4, -0.2) is 42.7 Å². The summed E-state index contributed by atoms with van der Waals surface area (Å²) in [6.07, 6.45) is -3.51. The monoisotopic (exact) mass is 302 g/mol. The van der Waals surface area contributed by atoms with Crippen molar-refractivity contribution in [1.82, 2.24) is 4.90 Å². The van der Waals surface area contributed by atoms with Gasteiger partial charge in [-0.25, -0.2) is 0 Å². The summed E-state index contributed by atoms with van der Waals surface area (Å²) in [6, 6.07) is 4.35. The van der Waals surface area contributed by atoms with Crippen LogP contribution < -0.4 is 4.90 Å². The Morgan fingerprint density at radius 1 is 1.29 bits per heavy atom. The lowest BCUT2D eigenvalue weighted by Gasteiger charge is -2.41. The van der Waals surface area contributed by atoms with Crippen LogP contribution in [0, 0.1) is 0 Å². The number of likely N-dealkylation sites (N-methyl/N-ethyl adjacent to an activating group) is 1. The van der Waals surface area contributed by atoms with Crippen molar-refractivity contribution < 1.29 is 18.3 Å². The van der Waals surface area contributed by atoms with Crippen molar-refractivity contribution in [3.8, 4) is 0 Å². The molecule has 1 N–H and O–H groups in total. The topological polar surface area (TPSA) is 26.7 Å². The number of piperazine rings is 1. The van der Waals surface area contributed by atoms with Gasteiger partial charge in [0.15, 0.2) is 0 Å². The summed E-state index contributed by atoms with van der Waals surface area (Å²) in [4.78, 5) is 3.99. The zero-order valence-corrected chi connectivity index (χ0v) is 12.3. The summed E-state index contributed by atoms with van der Waals surface area (Å²) in [5, 5.41) is 9.06. The fraction of sp³-hybridized carbons (Fsp3) is 0.600. The van der Waals surface area contributed by atoms with Gasteiger partial charge in [0, 0.05) is 31.4 Å². The molecule has 1 aromatic carbocycles. The second-order valence-electron chi connectivity index (χ2n) is 5.50. The highest BCUT2D eigenvalue weighted by molar-refractivity contribution is 5.57. The van der Waals surface area contributed by atoms with E-state index >= 15 is 0 Å². The third-order valence-corrected chi connectivity index (χ3v) is 4.14. The Hall–Kier alpha value is -1.27. The molecule has 0 radical (unpaired) electrons. The number of halogens is 3. The van der Waals surface area contributed by atoms with Gasteiger partial charge in [-0.2, -0.15) is 13.2 Å². The number of hydrogen-bond acceptors (Lipinski definition) is 3. The lowest BCUT2D eigenvalue weighted by Crippen LogP contribution is -2.51. The lowest BCUT2D eigenvalue weighted by atomic mass is 10.0.